The molecular formula is C19H23N3O5. The van der Waals surface area contributed by atoms with Crippen molar-refractivity contribution >= 4 is 12.4 Å². The van der Waals surface area contributed by atoms with Crippen LogP contribution < -0.4 is 0 Å². The molecule has 1 amide bonds. The number of carboxylic acid groups (broad SMARTS) is 1. The lowest BCUT2D eigenvalue weighted by Gasteiger charge is -2.17. The number of ether oxygens (including phenoxy) is 1. The number of nitrogens with one attached hydrogen (secondary N) is 1. The van der Waals surface area contributed by atoms with Gasteiger partial charge in [-0.15, -0.1) is 0 Å². The van der Waals surface area contributed by atoms with E-state index in [0.29, 0.717) is 38.3 Å². The number of carbonyl (C=O) groups is 2. The number of aliphatic hydroxyl groups excluding tert-OH is 1. The number of aliphatic hydroxyl groups is 1. The molecule has 2 aliphatic heterocycles. The Kier molecular flexibility index (Phi) is 5.88. The van der Waals surface area contributed by atoms with Crippen LogP contribution in [0.5, 0.6) is 0 Å². The largest absolute Gasteiger partial charge is 0.483 e. The zero-order valence-electron chi connectivity index (χ0n) is 15.1. The number of H-pyrrole nitrogens is 1. The van der Waals surface area contributed by atoms with Crippen LogP contribution >= 0.6 is 0 Å². The second-order valence-electron chi connectivity index (χ2n) is 6.83. The Morgan fingerprint density at radius 3 is 2.89 bits per heavy atom. The van der Waals surface area contributed by atoms with Gasteiger partial charge in [0.25, 0.3) is 12.4 Å². The SMILES string of the molecule is Cc1cc(C[C@@H]2CN(C(=O)c3cccc4c3COC4)C[C@H]2O)n[nH]1.O=CO. The first-order chi connectivity index (χ1) is 13.0. The predicted molar refractivity (Wildman–Crippen MR) is 96.1 cm³/mol. The Hall–Kier alpha value is -2.71. The molecular weight excluding hydrogens is 350 g/mol. The Bertz CT molecular complexity index is 819. The fourth-order valence-electron chi connectivity index (χ4n) is 3.64. The van der Waals surface area contributed by atoms with Gasteiger partial charge < -0.3 is 19.8 Å². The van der Waals surface area contributed by atoms with Crippen molar-refractivity contribution in [2.24, 2.45) is 5.92 Å². The maximum absolute atomic E-state index is 12.9. The van der Waals surface area contributed by atoms with Crippen LogP contribution in [0.25, 0.3) is 0 Å². The Morgan fingerprint density at radius 1 is 1.41 bits per heavy atom. The zero-order chi connectivity index (χ0) is 19.4. The number of rotatable bonds is 3. The molecule has 8 heteroatoms. The van der Waals surface area contributed by atoms with Crippen LogP contribution in [-0.4, -0.2) is 56.9 Å². The van der Waals surface area contributed by atoms with Crippen molar-refractivity contribution in [3.05, 3.63) is 52.3 Å². The molecule has 1 aromatic carbocycles. The standard InChI is InChI=1S/C18H21N3O3.CH2O2/c1-11-5-14(20-19-11)6-13-7-21(8-17(13)22)18(23)15-4-2-3-12-9-24-10-16(12)15;2-1-3/h2-5,13,17,22H,6-10H2,1H3,(H,19,20);1H,(H,2,3)/t13-,17-;/m1./s1. The van der Waals surface area contributed by atoms with Gasteiger partial charge in [-0.05, 0) is 36.6 Å². The summed E-state index contributed by atoms with van der Waals surface area (Å²) in [6.45, 7) is 3.69. The molecule has 8 nitrogen and oxygen atoms in total. The summed E-state index contributed by atoms with van der Waals surface area (Å²) in [6, 6.07) is 7.74. The second-order valence-corrected chi connectivity index (χ2v) is 6.83. The van der Waals surface area contributed by atoms with Crippen molar-refractivity contribution in [3.63, 3.8) is 0 Å². The quantitative estimate of drug-likeness (QED) is 0.695. The number of amides is 1. The molecule has 3 N–H and O–H groups in total. The molecule has 4 rings (SSSR count). The highest BCUT2D eigenvalue weighted by molar-refractivity contribution is 5.96. The fourth-order valence-corrected chi connectivity index (χ4v) is 3.64. The molecule has 3 heterocycles. The van der Waals surface area contributed by atoms with E-state index in [1.807, 2.05) is 31.2 Å². The topological polar surface area (TPSA) is 116 Å². The number of likely N-dealkylation sites (tertiary alicyclic amines) is 1. The van der Waals surface area contributed by atoms with Gasteiger partial charge in [0.05, 0.1) is 25.0 Å². The van der Waals surface area contributed by atoms with Crippen LogP contribution in [0.1, 0.15) is 32.9 Å². The maximum Gasteiger partial charge on any atom is 0.290 e. The van der Waals surface area contributed by atoms with Crippen LogP contribution in [0.3, 0.4) is 0 Å². The van der Waals surface area contributed by atoms with Crippen LogP contribution in [-0.2, 0) is 29.2 Å². The minimum absolute atomic E-state index is 0.0166. The Balaban J connectivity index is 0.000000659. The number of benzene rings is 1. The van der Waals surface area contributed by atoms with Crippen LogP contribution in [0.15, 0.2) is 24.3 Å². The number of aromatic nitrogens is 2. The van der Waals surface area contributed by atoms with E-state index in [0.717, 1.165) is 22.5 Å². The van der Waals surface area contributed by atoms with E-state index in [1.165, 1.54) is 0 Å². The molecule has 1 saturated heterocycles. The van der Waals surface area contributed by atoms with E-state index >= 15 is 0 Å². The van der Waals surface area contributed by atoms with Gasteiger partial charge in [0, 0.05) is 30.3 Å². The van der Waals surface area contributed by atoms with Gasteiger partial charge in [-0.1, -0.05) is 12.1 Å². The molecule has 0 unspecified atom stereocenters. The van der Waals surface area contributed by atoms with Gasteiger partial charge in [0.15, 0.2) is 0 Å². The predicted octanol–water partition coefficient (Wildman–Crippen LogP) is 1.12. The second kappa shape index (κ2) is 8.32. The molecule has 27 heavy (non-hydrogen) atoms. The number of aryl methyl sites for hydroxylation is 1. The molecule has 0 saturated carbocycles. The van der Waals surface area contributed by atoms with E-state index in [2.05, 4.69) is 10.2 Å². The highest BCUT2D eigenvalue weighted by Crippen LogP contribution is 2.27. The molecule has 1 fully saturated rings. The highest BCUT2D eigenvalue weighted by Gasteiger charge is 2.35. The van der Waals surface area contributed by atoms with Gasteiger partial charge in [-0.3, -0.25) is 14.7 Å². The molecule has 1 aromatic heterocycles. The third-order valence-electron chi connectivity index (χ3n) is 4.93. The number of β-amino-alcohol motifs (C(OH)–C–C–N with tert-alkyl or cyclic N) is 1. The van der Waals surface area contributed by atoms with Gasteiger partial charge >= 0.3 is 0 Å². The summed E-state index contributed by atoms with van der Waals surface area (Å²) in [5.74, 6) is 0.00164. The average Bonchev–Trinajstić information content (AvgIpc) is 3.36. The molecule has 0 radical (unpaired) electrons. The zero-order valence-corrected chi connectivity index (χ0v) is 15.1. The minimum atomic E-state index is -0.515. The van der Waals surface area contributed by atoms with E-state index in [4.69, 9.17) is 14.6 Å². The smallest absolute Gasteiger partial charge is 0.290 e. The summed E-state index contributed by atoms with van der Waals surface area (Å²) in [6.07, 6.45) is 0.157. The van der Waals surface area contributed by atoms with Crippen LogP contribution in [0.4, 0.5) is 0 Å². The van der Waals surface area contributed by atoms with E-state index in [-0.39, 0.29) is 18.3 Å². The Labute approximate surface area is 156 Å². The molecule has 2 atom stereocenters. The lowest BCUT2D eigenvalue weighted by Crippen LogP contribution is -2.30. The Morgan fingerprint density at radius 2 is 2.19 bits per heavy atom. The molecule has 0 aliphatic carbocycles. The first-order valence-corrected chi connectivity index (χ1v) is 8.78. The molecule has 144 valence electrons. The van der Waals surface area contributed by atoms with Crippen molar-refractivity contribution in [2.75, 3.05) is 13.1 Å². The lowest BCUT2D eigenvalue weighted by atomic mass is 10.00. The number of hydrogen-bond acceptors (Lipinski definition) is 5. The van der Waals surface area contributed by atoms with Crippen LogP contribution in [0.2, 0.25) is 0 Å². The minimum Gasteiger partial charge on any atom is -0.483 e. The highest BCUT2D eigenvalue weighted by atomic mass is 16.5. The number of nitrogens with zero attached hydrogens (tertiary/aromatic N) is 2. The normalized spacial score (nSPS) is 20.7. The average molecular weight is 373 g/mol. The third kappa shape index (κ3) is 4.17. The van der Waals surface area contributed by atoms with Gasteiger partial charge in [0.1, 0.15) is 0 Å². The van der Waals surface area contributed by atoms with Crippen molar-refractivity contribution in [1.29, 1.82) is 0 Å². The van der Waals surface area contributed by atoms with Crippen molar-refractivity contribution < 1.29 is 24.5 Å². The lowest BCUT2D eigenvalue weighted by molar-refractivity contribution is -0.122. The number of fused-ring (bicyclic) bond motifs is 1. The van der Waals surface area contributed by atoms with Crippen LogP contribution in [0, 0.1) is 12.8 Å². The summed E-state index contributed by atoms with van der Waals surface area (Å²) >= 11 is 0. The van der Waals surface area contributed by atoms with Gasteiger partial charge in [-0.2, -0.15) is 5.10 Å². The van der Waals surface area contributed by atoms with E-state index in [1.54, 1.807) is 4.90 Å². The molecule has 0 spiro atoms. The molecule has 0 bridgehead atoms. The van der Waals surface area contributed by atoms with Gasteiger partial charge in [0.2, 0.25) is 0 Å². The van der Waals surface area contributed by atoms with E-state index in [9.17, 15) is 9.90 Å². The number of aromatic amines is 1. The first kappa shape index (κ1) is 19.1. The summed E-state index contributed by atoms with van der Waals surface area (Å²) in [4.78, 5) is 23.0. The van der Waals surface area contributed by atoms with Crippen molar-refractivity contribution in [3.8, 4) is 0 Å². The first-order valence-electron chi connectivity index (χ1n) is 8.78. The maximum atomic E-state index is 12.9. The van der Waals surface area contributed by atoms with Crippen molar-refractivity contribution in [2.45, 2.75) is 32.7 Å². The summed E-state index contributed by atoms with van der Waals surface area (Å²) in [7, 11) is 0. The van der Waals surface area contributed by atoms with Gasteiger partial charge in [-0.25, -0.2) is 0 Å². The number of hydrogen-bond donors (Lipinski definition) is 3. The molecule has 2 aliphatic rings. The third-order valence-corrected chi connectivity index (χ3v) is 4.93. The monoisotopic (exact) mass is 373 g/mol. The summed E-state index contributed by atoms with van der Waals surface area (Å²) in [5.41, 5.74) is 4.71. The molecule has 2 aromatic rings. The fraction of sp³-hybridized carbons (Fsp3) is 0.421. The van der Waals surface area contributed by atoms with E-state index < -0.39 is 6.10 Å². The number of carbonyl (C=O) groups excluding carboxylic acids is 1. The summed E-state index contributed by atoms with van der Waals surface area (Å²) in [5, 5.41) is 24.4. The van der Waals surface area contributed by atoms with Crippen molar-refractivity contribution in [1.82, 2.24) is 15.1 Å². The summed E-state index contributed by atoms with van der Waals surface area (Å²) < 4.78 is 5.46.